The zero-order valence-corrected chi connectivity index (χ0v) is 20.3. The van der Waals surface area contributed by atoms with Crippen molar-refractivity contribution in [3.63, 3.8) is 0 Å². The standard InChI is InChI=1S/C27H25N3O4S/c1-17-13-21(18(2)30(17)22-7-9-23(31)10-8-22)14-24-26(33)29(27(34)35-24)16-25(32)28-12-11-19-5-3-4-6-20(19)15-28/h3-10,13-14,31H,11-12,15-16H2,1-2H3. The summed E-state index contributed by atoms with van der Waals surface area (Å²) in [5.41, 5.74) is 5.90. The minimum Gasteiger partial charge on any atom is -0.508 e. The fraction of sp³-hybridized carbons (Fsp3) is 0.222. The maximum atomic E-state index is 13.1. The van der Waals surface area contributed by atoms with Crippen molar-refractivity contribution >= 4 is 34.9 Å². The Bertz CT molecular complexity index is 1370. The molecule has 3 amide bonds. The van der Waals surface area contributed by atoms with E-state index in [0.29, 0.717) is 18.0 Å². The number of fused-ring (bicyclic) bond motifs is 1. The van der Waals surface area contributed by atoms with Gasteiger partial charge in [-0.3, -0.25) is 19.3 Å². The molecule has 178 valence electrons. The molecular formula is C27H25N3O4S. The number of thioether (sulfide) groups is 1. The average Bonchev–Trinajstić information content (AvgIpc) is 3.28. The summed E-state index contributed by atoms with van der Waals surface area (Å²) in [5, 5.41) is 9.15. The molecule has 7 nitrogen and oxygen atoms in total. The number of hydrogen-bond acceptors (Lipinski definition) is 5. The first kappa shape index (κ1) is 23.0. The van der Waals surface area contributed by atoms with E-state index in [1.54, 1.807) is 23.1 Å². The first-order valence-corrected chi connectivity index (χ1v) is 12.2. The lowest BCUT2D eigenvalue weighted by atomic mass is 10.00. The Hall–Kier alpha value is -3.78. The van der Waals surface area contributed by atoms with Gasteiger partial charge >= 0.3 is 0 Å². The Balaban J connectivity index is 1.33. The molecule has 2 aromatic carbocycles. The van der Waals surface area contributed by atoms with Crippen LogP contribution < -0.4 is 0 Å². The molecule has 1 fully saturated rings. The third kappa shape index (κ3) is 4.37. The first-order valence-electron chi connectivity index (χ1n) is 11.4. The van der Waals surface area contributed by atoms with E-state index in [-0.39, 0.29) is 18.2 Å². The highest BCUT2D eigenvalue weighted by Crippen LogP contribution is 2.34. The van der Waals surface area contributed by atoms with Crippen LogP contribution in [0.4, 0.5) is 4.79 Å². The first-order chi connectivity index (χ1) is 16.8. The van der Waals surface area contributed by atoms with Crippen LogP contribution in [-0.4, -0.2) is 49.6 Å². The maximum Gasteiger partial charge on any atom is 0.294 e. The number of phenolic OH excluding ortho intramolecular Hbond substituents is 1. The third-order valence-corrected chi connectivity index (χ3v) is 7.42. The van der Waals surface area contributed by atoms with Crippen molar-refractivity contribution in [1.29, 1.82) is 0 Å². The summed E-state index contributed by atoms with van der Waals surface area (Å²) >= 11 is 0.861. The van der Waals surface area contributed by atoms with E-state index in [1.807, 2.05) is 54.8 Å². The van der Waals surface area contributed by atoms with Crippen LogP contribution in [0.5, 0.6) is 5.75 Å². The molecule has 0 bridgehead atoms. The number of nitrogens with zero attached hydrogens (tertiary/aromatic N) is 3. The Morgan fingerprint density at radius 3 is 2.51 bits per heavy atom. The quantitative estimate of drug-likeness (QED) is 0.551. The summed E-state index contributed by atoms with van der Waals surface area (Å²) in [4.78, 5) is 41.7. The largest absolute Gasteiger partial charge is 0.508 e. The highest BCUT2D eigenvalue weighted by molar-refractivity contribution is 8.18. The fourth-order valence-electron chi connectivity index (χ4n) is 4.65. The average molecular weight is 488 g/mol. The van der Waals surface area contributed by atoms with Crippen molar-refractivity contribution in [3.8, 4) is 11.4 Å². The topological polar surface area (TPSA) is 82.9 Å². The van der Waals surface area contributed by atoms with Gasteiger partial charge in [0.05, 0.1) is 4.91 Å². The van der Waals surface area contributed by atoms with E-state index >= 15 is 0 Å². The molecule has 0 atom stereocenters. The van der Waals surface area contributed by atoms with Gasteiger partial charge in [-0.2, -0.15) is 0 Å². The second-order valence-corrected chi connectivity index (χ2v) is 9.77. The lowest BCUT2D eigenvalue weighted by Crippen LogP contribution is -2.44. The van der Waals surface area contributed by atoms with Crippen LogP contribution in [0.1, 0.15) is 28.1 Å². The number of phenols is 1. The Kier molecular flexibility index (Phi) is 5.98. The van der Waals surface area contributed by atoms with E-state index < -0.39 is 11.1 Å². The molecule has 35 heavy (non-hydrogen) atoms. The molecular weight excluding hydrogens is 462 g/mol. The van der Waals surface area contributed by atoms with Gasteiger partial charge in [-0.1, -0.05) is 24.3 Å². The molecule has 2 aliphatic heterocycles. The molecule has 2 aliphatic rings. The Morgan fingerprint density at radius 1 is 1.06 bits per heavy atom. The molecule has 3 heterocycles. The molecule has 3 aromatic rings. The van der Waals surface area contributed by atoms with E-state index in [0.717, 1.165) is 51.3 Å². The lowest BCUT2D eigenvalue weighted by molar-refractivity contribution is -0.136. The minimum absolute atomic E-state index is 0.188. The van der Waals surface area contributed by atoms with Gasteiger partial charge in [-0.05, 0) is 85.1 Å². The Labute approximate surface area is 207 Å². The summed E-state index contributed by atoms with van der Waals surface area (Å²) in [6.07, 6.45) is 2.48. The number of aryl methyl sites for hydroxylation is 1. The molecule has 0 aliphatic carbocycles. The van der Waals surface area contributed by atoms with Gasteiger partial charge in [0.2, 0.25) is 5.91 Å². The second-order valence-electron chi connectivity index (χ2n) is 8.78. The van der Waals surface area contributed by atoms with Crippen molar-refractivity contribution in [1.82, 2.24) is 14.4 Å². The maximum absolute atomic E-state index is 13.1. The van der Waals surface area contributed by atoms with Crippen molar-refractivity contribution in [2.75, 3.05) is 13.1 Å². The number of hydrogen-bond donors (Lipinski definition) is 1. The molecule has 0 saturated carbocycles. The van der Waals surface area contributed by atoms with Gasteiger partial charge in [-0.15, -0.1) is 0 Å². The molecule has 5 rings (SSSR count). The monoisotopic (exact) mass is 487 g/mol. The Morgan fingerprint density at radius 2 is 1.77 bits per heavy atom. The normalized spacial score (nSPS) is 16.8. The number of amides is 3. The van der Waals surface area contributed by atoms with Crippen LogP contribution in [0, 0.1) is 13.8 Å². The SMILES string of the molecule is Cc1cc(C=C2SC(=O)N(CC(=O)N3CCc4ccccc4C3)C2=O)c(C)n1-c1ccc(O)cc1. The smallest absolute Gasteiger partial charge is 0.294 e. The van der Waals surface area contributed by atoms with Gasteiger partial charge in [0.1, 0.15) is 12.3 Å². The van der Waals surface area contributed by atoms with Gasteiger partial charge < -0.3 is 14.6 Å². The van der Waals surface area contributed by atoms with E-state index in [4.69, 9.17) is 0 Å². The number of imide groups is 1. The number of carbonyl (C=O) groups is 3. The summed E-state index contributed by atoms with van der Waals surface area (Å²) in [7, 11) is 0. The predicted octanol–water partition coefficient (Wildman–Crippen LogP) is 4.42. The van der Waals surface area contributed by atoms with Gasteiger partial charge in [0.25, 0.3) is 11.1 Å². The minimum atomic E-state index is -0.444. The van der Waals surface area contributed by atoms with Crippen molar-refractivity contribution in [2.45, 2.75) is 26.8 Å². The lowest BCUT2D eigenvalue weighted by Gasteiger charge is -2.29. The third-order valence-electron chi connectivity index (χ3n) is 6.52. The number of aromatic hydroxyl groups is 1. The zero-order valence-electron chi connectivity index (χ0n) is 19.5. The number of aromatic nitrogens is 1. The summed E-state index contributed by atoms with van der Waals surface area (Å²) < 4.78 is 2.02. The number of benzene rings is 2. The molecule has 8 heteroatoms. The van der Waals surface area contributed by atoms with Crippen molar-refractivity contribution in [2.24, 2.45) is 0 Å². The molecule has 0 unspecified atom stereocenters. The van der Waals surface area contributed by atoms with E-state index in [9.17, 15) is 19.5 Å². The highest BCUT2D eigenvalue weighted by atomic mass is 32.2. The molecule has 0 spiro atoms. The fourth-order valence-corrected chi connectivity index (χ4v) is 5.48. The molecule has 0 radical (unpaired) electrons. The summed E-state index contributed by atoms with van der Waals surface area (Å²) in [6, 6.07) is 16.8. The van der Waals surface area contributed by atoms with Crippen LogP contribution in [0.15, 0.2) is 59.5 Å². The van der Waals surface area contributed by atoms with E-state index in [1.165, 1.54) is 5.56 Å². The van der Waals surface area contributed by atoms with Gasteiger partial charge in [-0.25, -0.2) is 0 Å². The molecule has 1 aromatic heterocycles. The highest BCUT2D eigenvalue weighted by Gasteiger charge is 2.37. The van der Waals surface area contributed by atoms with Crippen molar-refractivity contribution in [3.05, 3.63) is 87.6 Å². The van der Waals surface area contributed by atoms with Crippen molar-refractivity contribution < 1.29 is 19.5 Å². The van der Waals surface area contributed by atoms with Gasteiger partial charge in [0.15, 0.2) is 0 Å². The van der Waals surface area contributed by atoms with Gasteiger partial charge in [0, 0.05) is 30.2 Å². The molecule has 1 N–H and O–H groups in total. The van der Waals surface area contributed by atoms with Crippen LogP contribution in [-0.2, 0) is 22.6 Å². The number of rotatable bonds is 4. The van der Waals surface area contributed by atoms with Crippen LogP contribution in [0.25, 0.3) is 11.8 Å². The summed E-state index contributed by atoms with van der Waals surface area (Å²) in [5.74, 6) is -0.484. The van der Waals surface area contributed by atoms with Crippen LogP contribution in [0.3, 0.4) is 0 Å². The predicted molar refractivity (Wildman–Crippen MR) is 135 cm³/mol. The second kappa shape index (κ2) is 9.11. The van der Waals surface area contributed by atoms with E-state index in [2.05, 4.69) is 6.07 Å². The number of carbonyl (C=O) groups excluding carboxylic acids is 3. The molecule has 1 saturated heterocycles. The van der Waals surface area contributed by atoms with Crippen LogP contribution in [0.2, 0.25) is 0 Å². The van der Waals surface area contributed by atoms with Crippen LogP contribution >= 0.6 is 11.8 Å². The summed E-state index contributed by atoms with van der Waals surface area (Å²) in [6.45, 7) is 4.71. The zero-order chi connectivity index (χ0) is 24.7.